The lowest BCUT2D eigenvalue weighted by Crippen LogP contribution is -2.22. The average molecular weight is 157 g/mol. The van der Waals surface area contributed by atoms with Gasteiger partial charge >= 0.3 is 5.97 Å². The molecule has 0 aromatic rings. The molecule has 5 heteroatoms. The molecule has 1 N–H and O–H groups in total. The molecule has 0 aliphatic carbocycles. The van der Waals surface area contributed by atoms with Crippen LogP contribution in [0, 0.1) is 0 Å². The molecule has 0 spiro atoms. The van der Waals surface area contributed by atoms with Crippen molar-refractivity contribution in [1.82, 2.24) is 5.01 Å². The molecule has 0 aliphatic heterocycles. The Labute approximate surface area is 65.0 Å². The van der Waals surface area contributed by atoms with E-state index in [1.54, 1.807) is 6.92 Å². The molecule has 0 unspecified atom stereocenters. The predicted octanol–water partition coefficient (Wildman–Crippen LogP) is 0.904. The summed E-state index contributed by atoms with van der Waals surface area (Å²) in [7, 11) is 1.47. The molecule has 0 rings (SSSR count). The van der Waals surface area contributed by atoms with Gasteiger partial charge in [0.1, 0.15) is 6.54 Å². The van der Waals surface area contributed by atoms with Crippen LogP contribution in [0.3, 0.4) is 0 Å². The molecule has 62 valence electrons. The monoisotopic (exact) mass is 157 g/mol. The Balaban J connectivity index is 4.11. The molecule has 0 amide bonds. The standard InChI is InChI=1S/C6H11N3O2/c1-5(2)9(8-7-3)4-6(10)11/h1,4H2,2-3H3,(H,10,11). The zero-order valence-electron chi connectivity index (χ0n) is 6.61. The van der Waals surface area contributed by atoms with Crippen LogP contribution in [0.5, 0.6) is 0 Å². The van der Waals surface area contributed by atoms with E-state index in [0.29, 0.717) is 5.70 Å². The maximum atomic E-state index is 10.2. The fraction of sp³-hybridized carbons (Fsp3) is 0.500. The summed E-state index contributed by atoms with van der Waals surface area (Å²) >= 11 is 0. The first-order valence-corrected chi connectivity index (χ1v) is 3.02. The van der Waals surface area contributed by atoms with Crippen molar-refractivity contribution in [2.75, 3.05) is 13.6 Å². The van der Waals surface area contributed by atoms with E-state index in [-0.39, 0.29) is 6.54 Å². The Morgan fingerprint density at radius 2 is 2.27 bits per heavy atom. The highest BCUT2D eigenvalue weighted by molar-refractivity contribution is 5.69. The predicted molar refractivity (Wildman–Crippen MR) is 39.9 cm³/mol. The van der Waals surface area contributed by atoms with Crippen LogP contribution in [0.2, 0.25) is 0 Å². The van der Waals surface area contributed by atoms with Crippen molar-refractivity contribution >= 4 is 5.97 Å². The zero-order chi connectivity index (χ0) is 8.85. The van der Waals surface area contributed by atoms with Gasteiger partial charge in [-0.3, -0.25) is 4.79 Å². The first kappa shape index (κ1) is 9.61. The Hall–Kier alpha value is -1.39. The molecule has 0 aromatic carbocycles. The lowest BCUT2D eigenvalue weighted by molar-refractivity contribution is -0.137. The van der Waals surface area contributed by atoms with Crippen molar-refractivity contribution in [3.63, 3.8) is 0 Å². The van der Waals surface area contributed by atoms with Gasteiger partial charge in [0.05, 0.1) is 7.05 Å². The minimum Gasteiger partial charge on any atom is -0.480 e. The van der Waals surface area contributed by atoms with Crippen LogP contribution >= 0.6 is 0 Å². The topological polar surface area (TPSA) is 65.3 Å². The number of carboxylic acid groups (broad SMARTS) is 1. The smallest absolute Gasteiger partial charge is 0.325 e. The molecular weight excluding hydrogens is 146 g/mol. The van der Waals surface area contributed by atoms with E-state index in [1.807, 2.05) is 0 Å². The van der Waals surface area contributed by atoms with E-state index >= 15 is 0 Å². The summed E-state index contributed by atoms with van der Waals surface area (Å²) in [6, 6.07) is 0. The minimum atomic E-state index is -0.958. The summed E-state index contributed by atoms with van der Waals surface area (Å²) < 4.78 is 0. The van der Waals surface area contributed by atoms with E-state index in [2.05, 4.69) is 16.9 Å². The fourth-order valence-corrected chi connectivity index (χ4v) is 0.479. The quantitative estimate of drug-likeness (QED) is 0.487. The van der Waals surface area contributed by atoms with Gasteiger partial charge in [-0.1, -0.05) is 11.8 Å². The van der Waals surface area contributed by atoms with Crippen LogP contribution in [-0.2, 0) is 4.79 Å². The minimum absolute atomic E-state index is 0.202. The molecule has 11 heavy (non-hydrogen) atoms. The lowest BCUT2D eigenvalue weighted by Gasteiger charge is -2.13. The number of nitrogens with zero attached hydrogens (tertiary/aromatic N) is 3. The maximum absolute atomic E-state index is 10.2. The van der Waals surface area contributed by atoms with Gasteiger partial charge in [-0.2, -0.15) is 5.11 Å². The van der Waals surface area contributed by atoms with Crippen molar-refractivity contribution in [3.8, 4) is 0 Å². The van der Waals surface area contributed by atoms with Crippen LogP contribution < -0.4 is 0 Å². The molecule has 0 saturated carbocycles. The summed E-state index contributed by atoms with van der Waals surface area (Å²) in [5.74, 6) is -0.958. The van der Waals surface area contributed by atoms with Crippen LogP contribution in [-0.4, -0.2) is 29.7 Å². The van der Waals surface area contributed by atoms with Gasteiger partial charge in [0.25, 0.3) is 0 Å². The number of rotatable bonds is 4. The number of aliphatic carboxylic acids is 1. The Bertz CT molecular complexity index is 188. The van der Waals surface area contributed by atoms with Gasteiger partial charge in [0.2, 0.25) is 0 Å². The molecule has 0 aromatic heterocycles. The molecule has 0 bridgehead atoms. The second kappa shape index (κ2) is 4.43. The van der Waals surface area contributed by atoms with Gasteiger partial charge in [0.15, 0.2) is 0 Å². The molecule has 5 nitrogen and oxygen atoms in total. The molecule has 0 aliphatic rings. The number of carboxylic acids is 1. The highest BCUT2D eigenvalue weighted by Gasteiger charge is 2.06. The molecule has 0 heterocycles. The largest absolute Gasteiger partial charge is 0.480 e. The van der Waals surface area contributed by atoms with Crippen LogP contribution in [0.1, 0.15) is 6.92 Å². The molecule has 0 radical (unpaired) electrons. The Morgan fingerprint density at radius 3 is 2.55 bits per heavy atom. The summed E-state index contributed by atoms with van der Waals surface area (Å²) in [6.45, 7) is 5.00. The Morgan fingerprint density at radius 1 is 1.73 bits per heavy atom. The third-order valence-electron chi connectivity index (χ3n) is 0.923. The highest BCUT2D eigenvalue weighted by atomic mass is 16.4. The van der Waals surface area contributed by atoms with Gasteiger partial charge in [-0.15, -0.1) is 0 Å². The number of carbonyl (C=O) groups is 1. The van der Waals surface area contributed by atoms with Gasteiger partial charge in [0, 0.05) is 5.70 Å². The summed E-state index contributed by atoms with van der Waals surface area (Å²) in [4.78, 5) is 10.2. The number of allylic oxidation sites excluding steroid dienone is 1. The van der Waals surface area contributed by atoms with Crippen LogP contribution in [0.25, 0.3) is 0 Å². The van der Waals surface area contributed by atoms with E-state index < -0.39 is 5.97 Å². The summed E-state index contributed by atoms with van der Waals surface area (Å²) in [6.07, 6.45) is 0. The number of hydrogen-bond donors (Lipinski definition) is 1. The van der Waals surface area contributed by atoms with E-state index in [1.165, 1.54) is 12.1 Å². The second-order valence-corrected chi connectivity index (χ2v) is 1.98. The van der Waals surface area contributed by atoms with Crippen molar-refractivity contribution in [3.05, 3.63) is 12.3 Å². The molecule has 0 atom stereocenters. The fourth-order valence-electron chi connectivity index (χ4n) is 0.479. The summed E-state index contributed by atoms with van der Waals surface area (Å²) in [5, 5.41) is 16.6. The molecule has 0 saturated heterocycles. The third-order valence-corrected chi connectivity index (χ3v) is 0.923. The molecular formula is C6H11N3O2. The van der Waals surface area contributed by atoms with Gasteiger partial charge < -0.3 is 5.11 Å². The first-order chi connectivity index (χ1) is 5.07. The number of hydrogen-bond acceptors (Lipinski definition) is 3. The first-order valence-electron chi connectivity index (χ1n) is 3.02. The van der Waals surface area contributed by atoms with Gasteiger partial charge in [-0.05, 0) is 6.92 Å². The average Bonchev–Trinajstić information content (AvgIpc) is 1.86. The molecule has 0 fully saturated rings. The van der Waals surface area contributed by atoms with Crippen molar-refractivity contribution in [1.29, 1.82) is 0 Å². The highest BCUT2D eigenvalue weighted by Crippen LogP contribution is 2.00. The summed E-state index contributed by atoms with van der Waals surface area (Å²) in [5.41, 5.74) is 0.554. The normalized spacial score (nSPS) is 10.0. The van der Waals surface area contributed by atoms with Crippen LogP contribution in [0.15, 0.2) is 22.6 Å². The second-order valence-electron chi connectivity index (χ2n) is 1.98. The van der Waals surface area contributed by atoms with E-state index in [9.17, 15) is 4.79 Å². The van der Waals surface area contributed by atoms with E-state index in [0.717, 1.165) is 0 Å². The van der Waals surface area contributed by atoms with Gasteiger partial charge in [-0.25, -0.2) is 5.01 Å². The Kier molecular flexibility index (Phi) is 3.87. The van der Waals surface area contributed by atoms with Crippen LogP contribution in [0.4, 0.5) is 0 Å². The van der Waals surface area contributed by atoms with Crippen molar-refractivity contribution in [2.24, 2.45) is 10.3 Å². The SMILES string of the molecule is C=C(C)N(CC(=O)O)N=NC. The lowest BCUT2D eigenvalue weighted by atomic mass is 10.5. The third kappa shape index (κ3) is 4.07. The van der Waals surface area contributed by atoms with Crippen molar-refractivity contribution < 1.29 is 9.90 Å². The zero-order valence-corrected chi connectivity index (χ0v) is 6.61. The van der Waals surface area contributed by atoms with E-state index in [4.69, 9.17) is 5.11 Å². The van der Waals surface area contributed by atoms with Crippen molar-refractivity contribution in [2.45, 2.75) is 6.92 Å². The maximum Gasteiger partial charge on any atom is 0.325 e.